The molecule has 0 aromatic heterocycles. The number of rotatable bonds is 6. The van der Waals surface area contributed by atoms with Crippen LogP contribution in [0.4, 0.5) is 5.69 Å². The van der Waals surface area contributed by atoms with E-state index >= 15 is 0 Å². The molecule has 0 saturated heterocycles. The Labute approximate surface area is 124 Å². The van der Waals surface area contributed by atoms with Crippen molar-refractivity contribution < 1.29 is 23.9 Å². The molecule has 7 nitrogen and oxygen atoms in total. The van der Waals surface area contributed by atoms with Crippen LogP contribution in [0.1, 0.15) is 17.3 Å². The fourth-order valence-electron chi connectivity index (χ4n) is 1.59. The second kappa shape index (κ2) is 7.09. The summed E-state index contributed by atoms with van der Waals surface area (Å²) >= 11 is 3.11. The predicted molar refractivity (Wildman–Crippen MR) is 74.5 cm³/mol. The van der Waals surface area contributed by atoms with Crippen molar-refractivity contribution in [3.05, 3.63) is 27.8 Å². The van der Waals surface area contributed by atoms with E-state index in [9.17, 15) is 14.9 Å². The van der Waals surface area contributed by atoms with Gasteiger partial charge in [-0.25, -0.2) is 0 Å². The molecule has 0 amide bonds. The highest BCUT2D eigenvalue weighted by Crippen LogP contribution is 2.40. The molecule has 1 rings (SSSR count). The minimum atomic E-state index is -0.956. The van der Waals surface area contributed by atoms with Gasteiger partial charge in [-0.1, -0.05) is 15.9 Å². The maximum Gasteiger partial charge on any atom is 0.324 e. The van der Waals surface area contributed by atoms with Crippen molar-refractivity contribution in [2.75, 3.05) is 20.8 Å². The van der Waals surface area contributed by atoms with Crippen molar-refractivity contribution in [2.24, 2.45) is 0 Å². The molecule has 0 aliphatic carbocycles. The van der Waals surface area contributed by atoms with Gasteiger partial charge in [0, 0.05) is 0 Å². The molecule has 0 bridgehead atoms. The number of nitrogens with zero attached hydrogens (tertiary/aromatic N) is 1. The normalized spacial score (nSPS) is 11.6. The van der Waals surface area contributed by atoms with E-state index in [1.54, 1.807) is 6.92 Å². The van der Waals surface area contributed by atoms with Crippen LogP contribution in [0, 0.1) is 10.1 Å². The third-order valence-electron chi connectivity index (χ3n) is 2.50. The van der Waals surface area contributed by atoms with Gasteiger partial charge in [-0.05, 0) is 13.0 Å². The van der Waals surface area contributed by atoms with Gasteiger partial charge in [0.1, 0.15) is 4.83 Å². The van der Waals surface area contributed by atoms with Crippen LogP contribution in [0.5, 0.6) is 11.5 Å². The van der Waals surface area contributed by atoms with Crippen molar-refractivity contribution in [1.82, 2.24) is 0 Å². The molecule has 0 aliphatic heterocycles. The maximum absolute atomic E-state index is 11.7. The van der Waals surface area contributed by atoms with E-state index in [1.807, 2.05) is 0 Å². The number of benzene rings is 1. The molecule has 0 heterocycles. The number of halogens is 1. The number of nitro groups is 1. The zero-order chi connectivity index (χ0) is 15.3. The molecule has 0 radical (unpaired) electrons. The van der Waals surface area contributed by atoms with Crippen molar-refractivity contribution in [3.8, 4) is 11.5 Å². The van der Waals surface area contributed by atoms with Crippen LogP contribution < -0.4 is 9.47 Å². The van der Waals surface area contributed by atoms with E-state index in [1.165, 1.54) is 26.4 Å². The lowest BCUT2D eigenvalue weighted by Gasteiger charge is -2.13. The van der Waals surface area contributed by atoms with Crippen molar-refractivity contribution in [2.45, 2.75) is 11.8 Å². The second-order valence-corrected chi connectivity index (χ2v) is 4.55. The highest BCUT2D eigenvalue weighted by atomic mass is 79.9. The number of esters is 1. The number of alkyl halides is 1. The molecule has 8 heteroatoms. The van der Waals surface area contributed by atoms with E-state index in [4.69, 9.17) is 14.2 Å². The Morgan fingerprint density at radius 3 is 2.35 bits per heavy atom. The van der Waals surface area contributed by atoms with E-state index in [0.717, 1.165) is 0 Å². The first-order chi connectivity index (χ1) is 9.46. The minimum absolute atomic E-state index is 0.145. The van der Waals surface area contributed by atoms with Crippen molar-refractivity contribution in [3.63, 3.8) is 0 Å². The zero-order valence-corrected chi connectivity index (χ0v) is 12.8. The van der Waals surface area contributed by atoms with Crippen LogP contribution in [0.15, 0.2) is 12.1 Å². The van der Waals surface area contributed by atoms with E-state index in [-0.39, 0.29) is 23.6 Å². The predicted octanol–water partition coefficient (Wildman–Crippen LogP) is 2.61. The first-order valence-corrected chi connectivity index (χ1v) is 6.58. The minimum Gasteiger partial charge on any atom is -0.493 e. The molecule has 0 aliphatic rings. The number of hydrogen-bond donors (Lipinski definition) is 0. The topological polar surface area (TPSA) is 87.9 Å². The summed E-state index contributed by atoms with van der Waals surface area (Å²) in [5, 5.41) is 11.1. The second-order valence-electron chi connectivity index (χ2n) is 3.64. The molecule has 0 spiro atoms. The summed E-state index contributed by atoms with van der Waals surface area (Å²) < 4.78 is 14.9. The zero-order valence-electron chi connectivity index (χ0n) is 11.2. The quantitative estimate of drug-likeness (QED) is 0.340. The average Bonchev–Trinajstić information content (AvgIpc) is 2.44. The van der Waals surface area contributed by atoms with Gasteiger partial charge in [-0.2, -0.15) is 0 Å². The smallest absolute Gasteiger partial charge is 0.324 e. The SMILES string of the molecule is CCOC(=O)C(Br)c1cc(OC)c(OC)cc1[N+](=O)[O-]. The summed E-state index contributed by atoms with van der Waals surface area (Å²) in [4.78, 5) is 21.3. The maximum atomic E-state index is 11.7. The number of methoxy groups -OCH3 is 2. The summed E-state index contributed by atoms with van der Waals surface area (Å²) in [6, 6.07) is 2.59. The summed E-state index contributed by atoms with van der Waals surface area (Å²) in [5.41, 5.74) is -0.108. The average molecular weight is 348 g/mol. The van der Waals surface area contributed by atoms with Gasteiger partial charge < -0.3 is 14.2 Å². The monoisotopic (exact) mass is 347 g/mol. The first-order valence-electron chi connectivity index (χ1n) is 5.67. The summed E-state index contributed by atoms with van der Waals surface area (Å²) in [6.07, 6.45) is 0. The van der Waals surface area contributed by atoms with Gasteiger partial charge in [0.25, 0.3) is 5.69 Å². The summed E-state index contributed by atoms with van der Waals surface area (Å²) in [5.74, 6) is -0.101. The standard InChI is InChI=1S/C12H14BrNO6/c1-4-20-12(15)11(13)7-5-9(18-2)10(19-3)6-8(7)14(16)17/h5-6,11H,4H2,1-3H3. The fourth-order valence-corrected chi connectivity index (χ4v) is 2.09. The van der Waals surface area contributed by atoms with E-state index in [2.05, 4.69) is 15.9 Å². The molecular weight excluding hydrogens is 334 g/mol. The summed E-state index contributed by atoms with van der Waals surface area (Å²) in [6.45, 7) is 1.84. The lowest BCUT2D eigenvalue weighted by atomic mass is 10.1. The lowest BCUT2D eigenvalue weighted by molar-refractivity contribution is -0.385. The molecule has 110 valence electrons. The van der Waals surface area contributed by atoms with E-state index < -0.39 is 15.7 Å². The Morgan fingerprint density at radius 2 is 1.90 bits per heavy atom. The number of carbonyl (C=O) groups excluding carboxylic acids is 1. The van der Waals surface area contributed by atoms with Crippen molar-refractivity contribution >= 4 is 27.6 Å². The van der Waals surface area contributed by atoms with Gasteiger partial charge in [-0.15, -0.1) is 0 Å². The number of hydrogen-bond acceptors (Lipinski definition) is 6. The Kier molecular flexibility index (Phi) is 5.75. The highest BCUT2D eigenvalue weighted by Gasteiger charge is 2.29. The van der Waals surface area contributed by atoms with Crippen LogP contribution in [-0.2, 0) is 9.53 Å². The van der Waals surface area contributed by atoms with Crippen molar-refractivity contribution in [1.29, 1.82) is 0 Å². The third-order valence-corrected chi connectivity index (χ3v) is 3.36. The van der Waals surface area contributed by atoms with Gasteiger partial charge >= 0.3 is 5.97 Å². The Morgan fingerprint density at radius 1 is 1.35 bits per heavy atom. The molecular formula is C12H14BrNO6. The van der Waals surface area contributed by atoms with Gasteiger partial charge in [0.15, 0.2) is 11.5 Å². The van der Waals surface area contributed by atoms with Gasteiger partial charge in [0.2, 0.25) is 0 Å². The van der Waals surface area contributed by atoms with Crippen LogP contribution in [0.2, 0.25) is 0 Å². The number of carbonyl (C=O) groups is 1. The van der Waals surface area contributed by atoms with Gasteiger partial charge in [0.05, 0.1) is 37.4 Å². The summed E-state index contributed by atoms with van der Waals surface area (Å²) in [7, 11) is 2.78. The van der Waals surface area contributed by atoms with E-state index in [0.29, 0.717) is 5.75 Å². The Balaban J connectivity index is 3.35. The fraction of sp³-hybridized carbons (Fsp3) is 0.417. The lowest BCUT2D eigenvalue weighted by Crippen LogP contribution is -2.12. The molecule has 0 fully saturated rings. The molecule has 0 N–H and O–H groups in total. The number of nitro benzene ring substituents is 1. The number of ether oxygens (including phenoxy) is 3. The molecule has 1 aromatic carbocycles. The molecule has 0 saturated carbocycles. The first kappa shape index (κ1) is 16.2. The van der Waals surface area contributed by atoms with Crippen LogP contribution in [0.3, 0.4) is 0 Å². The van der Waals surface area contributed by atoms with Crippen LogP contribution >= 0.6 is 15.9 Å². The largest absolute Gasteiger partial charge is 0.493 e. The van der Waals surface area contributed by atoms with Crippen LogP contribution in [-0.4, -0.2) is 31.7 Å². The highest BCUT2D eigenvalue weighted by molar-refractivity contribution is 9.09. The molecule has 1 unspecified atom stereocenters. The molecule has 1 aromatic rings. The Bertz CT molecular complexity index is 519. The molecule has 1 atom stereocenters. The molecule has 20 heavy (non-hydrogen) atoms. The third kappa shape index (κ3) is 3.38. The van der Waals surface area contributed by atoms with Gasteiger partial charge in [-0.3, -0.25) is 14.9 Å². The van der Waals surface area contributed by atoms with Crippen LogP contribution in [0.25, 0.3) is 0 Å². The Hall–Kier alpha value is -1.83.